The van der Waals surface area contributed by atoms with Crippen LogP contribution in [0, 0.1) is 0 Å². The Kier molecular flexibility index (Phi) is 5.91. The summed E-state index contributed by atoms with van der Waals surface area (Å²) < 4.78 is 17.1. The van der Waals surface area contributed by atoms with Crippen LogP contribution in [0.3, 0.4) is 0 Å². The van der Waals surface area contributed by atoms with Crippen LogP contribution in [0.25, 0.3) is 11.0 Å². The van der Waals surface area contributed by atoms with Crippen molar-refractivity contribution in [2.45, 2.75) is 33.4 Å². The third-order valence-corrected chi connectivity index (χ3v) is 4.44. The molecule has 0 saturated carbocycles. The van der Waals surface area contributed by atoms with Gasteiger partial charge in [0.25, 0.3) is 0 Å². The summed E-state index contributed by atoms with van der Waals surface area (Å²) in [6, 6.07) is 12.9. The Morgan fingerprint density at radius 2 is 1.89 bits per heavy atom. The molecule has 0 fully saturated rings. The Bertz CT molecular complexity index is 951. The van der Waals surface area contributed by atoms with Crippen LogP contribution >= 0.6 is 11.6 Å². The number of halogens is 1. The van der Waals surface area contributed by atoms with Crippen molar-refractivity contribution in [1.29, 1.82) is 0 Å². The van der Waals surface area contributed by atoms with Crippen LogP contribution < -0.4 is 14.8 Å². The number of furan rings is 1. The van der Waals surface area contributed by atoms with Crippen molar-refractivity contribution in [3.05, 3.63) is 58.8 Å². The molecule has 0 aliphatic rings. The predicted octanol–water partition coefficient (Wildman–Crippen LogP) is 5.26. The van der Waals surface area contributed by atoms with E-state index in [4.69, 9.17) is 25.5 Å². The van der Waals surface area contributed by atoms with Crippen LogP contribution in [-0.4, -0.2) is 12.5 Å². The van der Waals surface area contributed by atoms with E-state index in [1.54, 1.807) is 6.07 Å². The summed E-state index contributed by atoms with van der Waals surface area (Å²) in [4.78, 5) is 11.2. The molecule has 1 heterocycles. The van der Waals surface area contributed by atoms with E-state index in [9.17, 15) is 4.79 Å². The molecule has 1 aromatic heterocycles. The molecule has 0 aliphatic carbocycles. The normalized spacial score (nSPS) is 12.0. The van der Waals surface area contributed by atoms with E-state index in [1.807, 2.05) is 50.2 Å². The van der Waals surface area contributed by atoms with Crippen molar-refractivity contribution in [3.63, 3.8) is 0 Å². The van der Waals surface area contributed by atoms with E-state index < -0.39 is 0 Å². The van der Waals surface area contributed by atoms with Gasteiger partial charge in [-0.2, -0.15) is 0 Å². The lowest BCUT2D eigenvalue weighted by atomic mass is 10.2. The first-order chi connectivity index (χ1) is 13.0. The fourth-order valence-electron chi connectivity index (χ4n) is 2.78. The molecule has 0 aliphatic heterocycles. The van der Waals surface area contributed by atoms with Crippen LogP contribution in [-0.2, 0) is 11.4 Å². The van der Waals surface area contributed by atoms with Crippen molar-refractivity contribution in [2.75, 3.05) is 6.61 Å². The summed E-state index contributed by atoms with van der Waals surface area (Å²) in [5.74, 6) is 2.06. The van der Waals surface area contributed by atoms with Gasteiger partial charge in [-0.1, -0.05) is 17.7 Å². The quantitative estimate of drug-likeness (QED) is 0.600. The van der Waals surface area contributed by atoms with Gasteiger partial charge in [-0.25, -0.2) is 0 Å². The molecule has 0 spiro atoms. The van der Waals surface area contributed by atoms with E-state index in [-0.39, 0.29) is 11.9 Å². The molecule has 142 valence electrons. The number of nitrogens with one attached hydrogen (secondary N) is 1. The molecule has 1 N–H and O–H groups in total. The summed E-state index contributed by atoms with van der Waals surface area (Å²) in [6.07, 6.45) is 0. The second-order valence-corrected chi connectivity index (χ2v) is 6.65. The summed E-state index contributed by atoms with van der Waals surface area (Å²) >= 11 is 6.30. The van der Waals surface area contributed by atoms with Crippen LogP contribution in [0.5, 0.6) is 11.5 Å². The highest BCUT2D eigenvalue weighted by atomic mass is 35.5. The smallest absolute Gasteiger partial charge is 0.217 e. The maximum absolute atomic E-state index is 11.2. The third-order valence-electron chi connectivity index (χ3n) is 4.08. The van der Waals surface area contributed by atoms with E-state index in [0.717, 1.165) is 22.3 Å². The summed E-state index contributed by atoms with van der Waals surface area (Å²) in [5, 5.41) is 4.33. The monoisotopic (exact) mass is 387 g/mol. The molecular formula is C21H22ClNO4. The Morgan fingerprint density at radius 3 is 2.59 bits per heavy atom. The molecule has 1 atom stereocenters. The van der Waals surface area contributed by atoms with Gasteiger partial charge in [0.2, 0.25) is 5.91 Å². The second-order valence-electron chi connectivity index (χ2n) is 6.25. The van der Waals surface area contributed by atoms with Crippen LogP contribution in [0.4, 0.5) is 0 Å². The largest absolute Gasteiger partial charge is 0.494 e. The average molecular weight is 388 g/mol. The highest BCUT2D eigenvalue weighted by Crippen LogP contribution is 2.29. The zero-order valence-electron chi connectivity index (χ0n) is 15.5. The Hall–Kier alpha value is -2.66. The number of carbonyl (C=O) groups is 1. The van der Waals surface area contributed by atoms with Gasteiger partial charge in [0.1, 0.15) is 29.4 Å². The summed E-state index contributed by atoms with van der Waals surface area (Å²) in [7, 11) is 0. The highest BCUT2D eigenvalue weighted by molar-refractivity contribution is 6.31. The second kappa shape index (κ2) is 8.35. The fraction of sp³-hybridized carbons (Fsp3) is 0.286. The molecule has 0 radical (unpaired) electrons. The number of ether oxygens (including phenoxy) is 2. The highest BCUT2D eigenvalue weighted by Gasteiger charge is 2.13. The summed E-state index contributed by atoms with van der Waals surface area (Å²) in [5.41, 5.74) is 1.63. The average Bonchev–Trinajstić information content (AvgIpc) is 3.04. The minimum Gasteiger partial charge on any atom is -0.494 e. The van der Waals surface area contributed by atoms with Gasteiger partial charge in [0.05, 0.1) is 17.7 Å². The Balaban J connectivity index is 1.71. The third kappa shape index (κ3) is 4.74. The Morgan fingerprint density at radius 1 is 1.15 bits per heavy atom. The number of hydrogen-bond acceptors (Lipinski definition) is 4. The van der Waals surface area contributed by atoms with Gasteiger partial charge >= 0.3 is 0 Å². The number of carbonyl (C=O) groups excluding carboxylic acids is 1. The Labute approximate surface area is 163 Å². The number of amides is 1. The first kappa shape index (κ1) is 19.1. The minimum absolute atomic E-state index is 0.0980. The van der Waals surface area contributed by atoms with Crippen LogP contribution in [0.2, 0.25) is 5.02 Å². The van der Waals surface area contributed by atoms with Crippen molar-refractivity contribution >= 4 is 28.5 Å². The van der Waals surface area contributed by atoms with Crippen molar-refractivity contribution in [1.82, 2.24) is 5.32 Å². The first-order valence-corrected chi connectivity index (χ1v) is 9.18. The lowest BCUT2D eigenvalue weighted by molar-refractivity contribution is -0.119. The molecule has 1 amide bonds. The van der Waals surface area contributed by atoms with Crippen molar-refractivity contribution in [3.8, 4) is 11.5 Å². The molecular weight excluding hydrogens is 366 g/mol. The van der Waals surface area contributed by atoms with Crippen molar-refractivity contribution in [2.24, 2.45) is 0 Å². The maximum atomic E-state index is 11.2. The standard InChI is InChI=1S/C21H22ClNO4/c1-4-25-18-6-5-15(19(22)11-18)12-26-17-7-8-20-16(9-17)10-21(27-20)13(2)23-14(3)24/h5-11,13H,4,12H2,1-3H3,(H,23,24). The lowest BCUT2D eigenvalue weighted by Gasteiger charge is -2.09. The van der Waals surface area contributed by atoms with Gasteiger partial charge in [0.15, 0.2) is 0 Å². The molecule has 2 aromatic carbocycles. The molecule has 3 rings (SSSR count). The number of fused-ring (bicyclic) bond motifs is 1. The number of benzene rings is 2. The molecule has 0 bridgehead atoms. The van der Waals surface area contributed by atoms with E-state index in [1.165, 1.54) is 6.92 Å². The lowest BCUT2D eigenvalue weighted by Crippen LogP contribution is -2.23. The van der Waals surface area contributed by atoms with Gasteiger partial charge in [-0.05, 0) is 50.2 Å². The van der Waals surface area contributed by atoms with Gasteiger partial charge in [-0.15, -0.1) is 0 Å². The zero-order chi connectivity index (χ0) is 19.4. The zero-order valence-corrected chi connectivity index (χ0v) is 16.3. The fourth-order valence-corrected chi connectivity index (χ4v) is 3.01. The molecule has 3 aromatic rings. The van der Waals surface area contributed by atoms with E-state index in [0.29, 0.717) is 29.7 Å². The number of hydrogen-bond donors (Lipinski definition) is 1. The molecule has 0 saturated heterocycles. The first-order valence-electron chi connectivity index (χ1n) is 8.81. The SMILES string of the molecule is CCOc1ccc(COc2ccc3oc(C(C)NC(C)=O)cc3c2)c(Cl)c1. The summed E-state index contributed by atoms with van der Waals surface area (Å²) in [6.45, 7) is 6.24. The predicted molar refractivity (Wildman–Crippen MR) is 105 cm³/mol. The topological polar surface area (TPSA) is 60.7 Å². The van der Waals surface area contributed by atoms with Gasteiger partial charge < -0.3 is 19.2 Å². The molecule has 6 heteroatoms. The van der Waals surface area contributed by atoms with Crippen LogP contribution in [0.15, 0.2) is 46.9 Å². The molecule has 5 nitrogen and oxygen atoms in total. The molecule has 27 heavy (non-hydrogen) atoms. The van der Waals surface area contributed by atoms with E-state index in [2.05, 4.69) is 5.32 Å². The van der Waals surface area contributed by atoms with Gasteiger partial charge in [-0.3, -0.25) is 4.79 Å². The van der Waals surface area contributed by atoms with Crippen LogP contribution in [0.1, 0.15) is 38.1 Å². The van der Waals surface area contributed by atoms with Crippen molar-refractivity contribution < 1.29 is 18.7 Å². The minimum atomic E-state index is -0.193. The van der Waals surface area contributed by atoms with E-state index >= 15 is 0 Å². The maximum Gasteiger partial charge on any atom is 0.217 e. The molecule has 1 unspecified atom stereocenters. The number of rotatable bonds is 7. The van der Waals surface area contributed by atoms with Gasteiger partial charge in [0, 0.05) is 17.9 Å².